The third-order valence-corrected chi connectivity index (χ3v) is 3.49. The number of esters is 1. The second-order valence-corrected chi connectivity index (χ2v) is 5.13. The number of ether oxygens (including phenoxy) is 1. The van der Waals surface area contributed by atoms with Crippen LogP contribution in [0.3, 0.4) is 0 Å². The Morgan fingerprint density at radius 2 is 1.92 bits per heavy atom. The van der Waals surface area contributed by atoms with Crippen LogP contribution in [-0.4, -0.2) is 28.0 Å². The molecule has 0 bridgehead atoms. The van der Waals surface area contributed by atoms with Crippen molar-refractivity contribution in [1.82, 2.24) is 15.0 Å². The Morgan fingerprint density at radius 1 is 1.04 bits per heavy atom. The lowest BCUT2D eigenvalue weighted by atomic mass is 10.1. The van der Waals surface area contributed by atoms with Gasteiger partial charge in [0, 0.05) is 18.1 Å². The van der Waals surface area contributed by atoms with Gasteiger partial charge in [-0.15, -0.1) is 0 Å². The zero-order chi connectivity index (χ0) is 16.9. The zero-order valence-corrected chi connectivity index (χ0v) is 13.4. The van der Waals surface area contributed by atoms with E-state index in [9.17, 15) is 4.79 Å². The summed E-state index contributed by atoms with van der Waals surface area (Å²) in [6.07, 6.45) is 3.38. The van der Waals surface area contributed by atoms with E-state index in [4.69, 9.17) is 4.74 Å². The van der Waals surface area contributed by atoms with Gasteiger partial charge in [-0.3, -0.25) is 4.98 Å². The van der Waals surface area contributed by atoms with Crippen LogP contribution in [0.15, 0.2) is 54.9 Å². The summed E-state index contributed by atoms with van der Waals surface area (Å²) in [6.45, 7) is 1.94. The molecule has 24 heavy (non-hydrogen) atoms. The van der Waals surface area contributed by atoms with Gasteiger partial charge < -0.3 is 10.1 Å². The Bertz CT molecular complexity index is 866. The van der Waals surface area contributed by atoms with Gasteiger partial charge in [-0.05, 0) is 42.8 Å². The highest BCUT2D eigenvalue weighted by Crippen LogP contribution is 2.22. The third kappa shape index (κ3) is 3.38. The number of carbonyl (C=O) groups is 1. The summed E-state index contributed by atoms with van der Waals surface area (Å²) in [6, 6.07) is 12.7. The number of rotatable bonds is 4. The van der Waals surface area contributed by atoms with Crippen LogP contribution in [0.25, 0.3) is 11.4 Å². The van der Waals surface area contributed by atoms with E-state index < -0.39 is 0 Å². The summed E-state index contributed by atoms with van der Waals surface area (Å²) >= 11 is 0. The first-order valence-electron chi connectivity index (χ1n) is 7.38. The van der Waals surface area contributed by atoms with Gasteiger partial charge >= 0.3 is 5.97 Å². The molecule has 0 aliphatic heterocycles. The van der Waals surface area contributed by atoms with Crippen LogP contribution in [0.5, 0.6) is 0 Å². The van der Waals surface area contributed by atoms with Crippen LogP contribution < -0.4 is 5.32 Å². The number of aryl methyl sites for hydroxylation is 1. The molecule has 0 amide bonds. The maximum Gasteiger partial charge on any atom is 0.337 e. The number of nitrogens with zero attached hydrogens (tertiary/aromatic N) is 3. The largest absolute Gasteiger partial charge is 0.465 e. The lowest BCUT2D eigenvalue weighted by molar-refractivity contribution is 0.0601. The Morgan fingerprint density at radius 3 is 2.67 bits per heavy atom. The lowest BCUT2D eigenvalue weighted by Crippen LogP contribution is -2.04. The van der Waals surface area contributed by atoms with Crippen molar-refractivity contribution in [2.45, 2.75) is 6.92 Å². The van der Waals surface area contributed by atoms with Crippen molar-refractivity contribution in [2.24, 2.45) is 0 Å². The van der Waals surface area contributed by atoms with E-state index in [1.54, 1.807) is 30.6 Å². The maximum absolute atomic E-state index is 11.7. The number of pyridine rings is 1. The smallest absolute Gasteiger partial charge is 0.337 e. The SMILES string of the molecule is COC(=O)c1ccc(C)c(Nc2nccc(-c3ccccn3)n2)c1. The summed E-state index contributed by atoms with van der Waals surface area (Å²) in [7, 11) is 1.36. The molecule has 3 aromatic rings. The number of methoxy groups -OCH3 is 1. The number of anilines is 2. The van der Waals surface area contributed by atoms with Crippen LogP contribution in [0, 0.1) is 6.92 Å². The Hall–Kier alpha value is -3.28. The monoisotopic (exact) mass is 320 g/mol. The number of carbonyl (C=O) groups excluding carboxylic acids is 1. The van der Waals surface area contributed by atoms with E-state index in [1.165, 1.54) is 7.11 Å². The van der Waals surface area contributed by atoms with Crippen LogP contribution >= 0.6 is 0 Å². The van der Waals surface area contributed by atoms with Gasteiger partial charge in [0.05, 0.1) is 24.1 Å². The topological polar surface area (TPSA) is 77.0 Å². The minimum absolute atomic E-state index is 0.388. The molecule has 0 spiro atoms. The highest BCUT2D eigenvalue weighted by atomic mass is 16.5. The van der Waals surface area contributed by atoms with E-state index in [0.717, 1.165) is 22.6 Å². The molecule has 0 fully saturated rings. The van der Waals surface area contributed by atoms with Crippen molar-refractivity contribution in [3.05, 3.63) is 66.0 Å². The summed E-state index contributed by atoms with van der Waals surface area (Å²) in [5.74, 6) is 0.0458. The standard InChI is InChI=1S/C18H16N4O2/c1-12-6-7-13(17(23)24-2)11-16(12)22-18-20-10-8-15(21-18)14-5-3-4-9-19-14/h3-11H,1-2H3,(H,20,21,22). The summed E-state index contributed by atoms with van der Waals surface area (Å²) in [4.78, 5) is 24.7. The molecule has 0 saturated heterocycles. The predicted molar refractivity (Wildman–Crippen MR) is 91.1 cm³/mol. The number of hydrogen-bond acceptors (Lipinski definition) is 6. The van der Waals surface area contributed by atoms with Gasteiger partial charge in [0.2, 0.25) is 5.95 Å². The molecule has 0 radical (unpaired) electrons. The maximum atomic E-state index is 11.7. The van der Waals surface area contributed by atoms with Gasteiger partial charge in [-0.1, -0.05) is 12.1 Å². The van der Waals surface area contributed by atoms with E-state index >= 15 is 0 Å². The van der Waals surface area contributed by atoms with Gasteiger partial charge in [0.15, 0.2) is 0 Å². The first-order chi connectivity index (χ1) is 11.7. The van der Waals surface area contributed by atoms with E-state index in [2.05, 4.69) is 20.3 Å². The molecule has 3 rings (SSSR count). The fourth-order valence-electron chi connectivity index (χ4n) is 2.20. The second-order valence-electron chi connectivity index (χ2n) is 5.13. The van der Waals surface area contributed by atoms with Crippen molar-refractivity contribution in [2.75, 3.05) is 12.4 Å². The fourth-order valence-corrected chi connectivity index (χ4v) is 2.20. The number of aromatic nitrogens is 3. The second kappa shape index (κ2) is 6.87. The molecule has 0 unspecified atom stereocenters. The van der Waals surface area contributed by atoms with Crippen LogP contribution in [0.2, 0.25) is 0 Å². The van der Waals surface area contributed by atoms with Crippen LogP contribution in [-0.2, 0) is 4.74 Å². The molecule has 1 N–H and O–H groups in total. The minimum Gasteiger partial charge on any atom is -0.465 e. The predicted octanol–water partition coefficient (Wildman–Crippen LogP) is 3.38. The molecular formula is C18H16N4O2. The normalized spacial score (nSPS) is 10.2. The van der Waals surface area contributed by atoms with E-state index in [0.29, 0.717) is 11.5 Å². The Labute approximate surface area is 139 Å². The number of hydrogen-bond donors (Lipinski definition) is 1. The molecule has 6 heteroatoms. The molecule has 0 aliphatic rings. The molecular weight excluding hydrogens is 304 g/mol. The average molecular weight is 320 g/mol. The number of benzene rings is 1. The van der Waals surface area contributed by atoms with Crippen molar-refractivity contribution < 1.29 is 9.53 Å². The molecule has 6 nitrogen and oxygen atoms in total. The fraction of sp³-hybridized carbons (Fsp3) is 0.111. The van der Waals surface area contributed by atoms with Gasteiger partial charge in [-0.2, -0.15) is 0 Å². The first kappa shape index (κ1) is 15.6. The molecule has 1 aromatic carbocycles. The number of nitrogens with one attached hydrogen (secondary N) is 1. The van der Waals surface area contributed by atoms with Crippen molar-refractivity contribution >= 4 is 17.6 Å². The highest BCUT2D eigenvalue weighted by molar-refractivity contribution is 5.91. The minimum atomic E-state index is -0.388. The van der Waals surface area contributed by atoms with Gasteiger partial charge in [0.1, 0.15) is 0 Å². The molecule has 120 valence electrons. The summed E-state index contributed by atoms with van der Waals surface area (Å²) in [5.41, 5.74) is 3.66. The lowest BCUT2D eigenvalue weighted by Gasteiger charge is -2.10. The Kier molecular flexibility index (Phi) is 4.47. The molecule has 0 aliphatic carbocycles. The van der Waals surface area contributed by atoms with Crippen molar-refractivity contribution in [1.29, 1.82) is 0 Å². The van der Waals surface area contributed by atoms with Crippen LogP contribution in [0.1, 0.15) is 15.9 Å². The molecule has 2 heterocycles. The molecule has 0 saturated carbocycles. The quantitative estimate of drug-likeness (QED) is 0.743. The van der Waals surface area contributed by atoms with Crippen LogP contribution in [0.4, 0.5) is 11.6 Å². The van der Waals surface area contributed by atoms with Crippen molar-refractivity contribution in [3.63, 3.8) is 0 Å². The molecule has 0 atom stereocenters. The van der Waals surface area contributed by atoms with E-state index in [-0.39, 0.29) is 5.97 Å². The molecule has 2 aromatic heterocycles. The van der Waals surface area contributed by atoms with E-state index in [1.807, 2.05) is 31.2 Å². The van der Waals surface area contributed by atoms with Gasteiger partial charge in [0.25, 0.3) is 0 Å². The zero-order valence-electron chi connectivity index (χ0n) is 13.4. The van der Waals surface area contributed by atoms with Crippen molar-refractivity contribution in [3.8, 4) is 11.4 Å². The average Bonchev–Trinajstić information content (AvgIpc) is 2.64. The van der Waals surface area contributed by atoms with Gasteiger partial charge in [-0.25, -0.2) is 14.8 Å². The third-order valence-electron chi connectivity index (χ3n) is 3.49. The summed E-state index contributed by atoms with van der Waals surface area (Å²) < 4.78 is 4.75. The Balaban J connectivity index is 1.90. The first-order valence-corrected chi connectivity index (χ1v) is 7.38. The highest BCUT2D eigenvalue weighted by Gasteiger charge is 2.10. The summed E-state index contributed by atoms with van der Waals surface area (Å²) in [5, 5.41) is 3.14.